The van der Waals surface area contributed by atoms with E-state index in [4.69, 9.17) is 9.84 Å². The number of aromatic nitrogens is 1. The summed E-state index contributed by atoms with van der Waals surface area (Å²) < 4.78 is 5.47. The number of ether oxygens (including phenoxy) is 1. The number of aromatic carboxylic acids is 1. The number of carboxylic acid groups (broad SMARTS) is 1. The monoisotopic (exact) mass is 241 g/mol. The average molecular weight is 241 g/mol. The normalized spacial score (nSPS) is 16.0. The summed E-state index contributed by atoms with van der Waals surface area (Å²) in [5.74, 6) is -0.115. The van der Waals surface area contributed by atoms with Gasteiger partial charge in [-0.2, -0.15) is 0 Å². The van der Waals surface area contributed by atoms with Gasteiger partial charge in [0.05, 0.1) is 12.3 Å². The Morgan fingerprint density at radius 2 is 2.44 bits per heavy atom. The number of hydrogen-bond acceptors (Lipinski definition) is 4. The summed E-state index contributed by atoms with van der Waals surface area (Å²) in [6.45, 7) is 1.18. The maximum atomic E-state index is 10.6. The lowest BCUT2D eigenvalue weighted by Gasteiger charge is -2.24. The fraction of sp³-hybridized carbons (Fsp3) is 0.636. The number of thiazole rings is 1. The van der Waals surface area contributed by atoms with Crippen LogP contribution in [0.2, 0.25) is 0 Å². The molecule has 1 aliphatic rings. The lowest BCUT2D eigenvalue weighted by atomic mass is 9.83. The zero-order valence-electron chi connectivity index (χ0n) is 9.02. The minimum atomic E-state index is -0.967. The molecule has 1 aromatic heterocycles. The first-order chi connectivity index (χ1) is 7.75. The van der Waals surface area contributed by atoms with Crippen molar-refractivity contribution in [2.75, 3.05) is 6.61 Å². The van der Waals surface area contributed by atoms with Gasteiger partial charge in [0.2, 0.25) is 5.01 Å². The summed E-state index contributed by atoms with van der Waals surface area (Å²) in [6.07, 6.45) is 5.15. The summed E-state index contributed by atoms with van der Waals surface area (Å²) in [6, 6.07) is 0. The molecule has 2 rings (SSSR count). The highest BCUT2D eigenvalue weighted by Gasteiger charge is 2.16. The number of hydrogen-bond donors (Lipinski definition) is 1. The Bertz CT molecular complexity index is 360. The summed E-state index contributed by atoms with van der Waals surface area (Å²) >= 11 is 1.15. The Morgan fingerprint density at radius 1 is 1.62 bits per heavy atom. The van der Waals surface area contributed by atoms with Gasteiger partial charge in [0.15, 0.2) is 0 Å². The molecular weight excluding hydrogens is 226 g/mol. The second-order valence-electron chi connectivity index (χ2n) is 4.09. The molecule has 1 saturated carbocycles. The molecule has 0 unspecified atom stereocenters. The Morgan fingerprint density at radius 3 is 3.00 bits per heavy atom. The Hall–Kier alpha value is -0.940. The van der Waals surface area contributed by atoms with Crippen LogP contribution in [-0.2, 0) is 11.3 Å². The molecule has 1 aliphatic carbocycles. The van der Waals surface area contributed by atoms with Crippen molar-refractivity contribution in [3.63, 3.8) is 0 Å². The van der Waals surface area contributed by atoms with Crippen LogP contribution in [0.5, 0.6) is 0 Å². The van der Waals surface area contributed by atoms with E-state index in [-0.39, 0.29) is 5.01 Å². The maximum Gasteiger partial charge on any atom is 0.365 e. The van der Waals surface area contributed by atoms with Gasteiger partial charge in [-0.15, -0.1) is 11.3 Å². The van der Waals surface area contributed by atoms with Crippen molar-refractivity contribution in [3.05, 3.63) is 16.1 Å². The van der Waals surface area contributed by atoms with E-state index in [1.54, 1.807) is 5.38 Å². The average Bonchev–Trinajstić information content (AvgIpc) is 2.63. The molecule has 1 N–H and O–H groups in total. The van der Waals surface area contributed by atoms with Crippen LogP contribution in [0.15, 0.2) is 5.38 Å². The number of carboxylic acids is 1. The van der Waals surface area contributed by atoms with Crippen LogP contribution in [0.3, 0.4) is 0 Å². The van der Waals surface area contributed by atoms with Gasteiger partial charge in [0.25, 0.3) is 0 Å². The maximum absolute atomic E-state index is 10.6. The van der Waals surface area contributed by atoms with Crippen LogP contribution in [0.1, 0.15) is 41.2 Å². The molecule has 0 aliphatic heterocycles. The highest BCUT2D eigenvalue weighted by Crippen LogP contribution is 2.29. The molecule has 5 heteroatoms. The van der Waals surface area contributed by atoms with E-state index >= 15 is 0 Å². The third kappa shape index (κ3) is 3.02. The van der Waals surface area contributed by atoms with Crippen molar-refractivity contribution in [1.82, 2.24) is 4.98 Å². The molecule has 1 aromatic rings. The van der Waals surface area contributed by atoms with Crippen molar-refractivity contribution in [1.29, 1.82) is 0 Å². The van der Waals surface area contributed by atoms with E-state index in [0.717, 1.165) is 36.0 Å². The molecule has 88 valence electrons. The van der Waals surface area contributed by atoms with Gasteiger partial charge in [-0.1, -0.05) is 19.3 Å². The van der Waals surface area contributed by atoms with Crippen molar-refractivity contribution in [2.45, 2.75) is 32.3 Å². The molecule has 16 heavy (non-hydrogen) atoms. The zero-order valence-corrected chi connectivity index (χ0v) is 9.83. The molecule has 0 atom stereocenters. The van der Waals surface area contributed by atoms with E-state index < -0.39 is 5.97 Å². The fourth-order valence-corrected chi connectivity index (χ4v) is 2.32. The van der Waals surface area contributed by atoms with Gasteiger partial charge < -0.3 is 9.84 Å². The number of carbonyl (C=O) groups is 1. The predicted molar refractivity (Wildman–Crippen MR) is 60.7 cm³/mol. The Kier molecular flexibility index (Phi) is 3.90. The second-order valence-corrected chi connectivity index (χ2v) is 4.95. The van der Waals surface area contributed by atoms with E-state index in [2.05, 4.69) is 4.98 Å². The number of rotatable bonds is 6. The van der Waals surface area contributed by atoms with Gasteiger partial charge in [0, 0.05) is 12.0 Å². The summed E-state index contributed by atoms with van der Waals surface area (Å²) in [4.78, 5) is 14.5. The summed E-state index contributed by atoms with van der Waals surface area (Å²) in [5, 5.41) is 10.6. The van der Waals surface area contributed by atoms with E-state index in [1.165, 1.54) is 19.3 Å². The molecule has 0 bridgehead atoms. The summed E-state index contributed by atoms with van der Waals surface area (Å²) in [5.41, 5.74) is 0.719. The van der Waals surface area contributed by atoms with Crippen molar-refractivity contribution >= 4 is 17.3 Å². The zero-order chi connectivity index (χ0) is 11.4. The minimum Gasteiger partial charge on any atom is -0.476 e. The Balaban J connectivity index is 1.66. The summed E-state index contributed by atoms with van der Waals surface area (Å²) in [7, 11) is 0. The van der Waals surface area contributed by atoms with Gasteiger partial charge in [-0.3, -0.25) is 0 Å². The first kappa shape index (κ1) is 11.5. The molecule has 1 heterocycles. The lowest BCUT2D eigenvalue weighted by molar-refractivity contribution is 0.0694. The van der Waals surface area contributed by atoms with E-state index in [1.807, 2.05) is 0 Å². The second kappa shape index (κ2) is 5.41. The van der Waals surface area contributed by atoms with Crippen molar-refractivity contribution in [3.8, 4) is 0 Å². The predicted octanol–water partition coefficient (Wildman–Crippen LogP) is 2.55. The van der Waals surface area contributed by atoms with Crippen LogP contribution in [-0.4, -0.2) is 22.7 Å². The van der Waals surface area contributed by atoms with Crippen LogP contribution >= 0.6 is 11.3 Å². The van der Waals surface area contributed by atoms with Crippen LogP contribution in [0.25, 0.3) is 0 Å². The van der Waals surface area contributed by atoms with E-state index in [0.29, 0.717) is 6.61 Å². The SMILES string of the molecule is O=C(O)c1nc(COCCC2CCC2)cs1. The van der Waals surface area contributed by atoms with Crippen LogP contribution in [0.4, 0.5) is 0 Å². The minimum absolute atomic E-state index is 0.137. The van der Waals surface area contributed by atoms with Crippen molar-refractivity contribution < 1.29 is 14.6 Å². The molecule has 0 radical (unpaired) electrons. The van der Waals surface area contributed by atoms with Crippen molar-refractivity contribution in [2.24, 2.45) is 5.92 Å². The molecule has 0 aromatic carbocycles. The largest absolute Gasteiger partial charge is 0.476 e. The van der Waals surface area contributed by atoms with Gasteiger partial charge in [-0.25, -0.2) is 9.78 Å². The number of nitrogens with zero attached hydrogens (tertiary/aromatic N) is 1. The third-order valence-corrected chi connectivity index (χ3v) is 3.76. The van der Waals surface area contributed by atoms with Crippen LogP contribution in [0, 0.1) is 5.92 Å². The first-order valence-corrected chi connectivity index (χ1v) is 6.39. The highest BCUT2D eigenvalue weighted by molar-refractivity contribution is 7.11. The highest BCUT2D eigenvalue weighted by atomic mass is 32.1. The molecule has 0 amide bonds. The standard InChI is InChI=1S/C11H15NO3S/c13-11(14)10-12-9(7-16-10)6-15-5-4-8-2-1-3-8/h7-8H,1-6H2,(H,13,14). The molecule has 0 saturated heterocycles. The van der Waals surface area contributed by atoms with Crippen LogP contribution < -0.4 is 0 Å². The van der Waals surface area contributed by atoms with Gasteiger partial charge in [-0.05, 0) is 12.3 Å². The third-order valence-electron chi connectivity index (χ3n) is 2.88. The molecule has 4 nitrogen and oxygen atoms in total. The quantitative estimate of drug-likeness (QED) is 0.777. The smallest absolute Gasteiger partial charge is 0.365 e. The van der Waals surface area contributed by atoms with Gasteiger partial charge >= 0.3 is 5.97 Å². The first-order valence-electron chi connectivity index (χ1n) is 5.51. The molecule has 1 fully saturated rings. The molecule has 0 spiro atoms. The fourth-order valence-electron chi connectivity index (χ4n) is 1.68. The lowest BCUT2D eigenvalue weighted by Crippen LogP contribution is -2.13. The topological polar surface area (TPSA) is 59.4 Å². The Labute approximate surface area is 98.3 Å². The molecular formula is C11H15NO3S. The van der Waals surface area contributed by atoms with E-state index in [9.17, 15) is 4.79 Å². The van der Waals surface area contributed by atoms with Gasteiger partial charge in [0.1, 0.15) is 0 Å².